The second-order valence-corrected chi connectivity index (χ2v) is 5.42. The van der Waals surface area contributed by atoms with Gasteiger partial charge in [0.2, 0.25) is 5.82 Å². The van der Waals surface area contributed by atoms with Crippen LogP contribution in [0.1, 0.15) is 5.56 Å². The molecule has 0 atom stereocenters. The van der Waals surface area contributed by atoms with E-state index in [2.05, 4.69) is 15.6 Å². The number of ether oxygens (including phenoxy) is 1. The van der Waals surface area contributed by atoms with Crippen LogP contribution >= 0.6 is 0 Å². The maximum atomic E-state index is 12.0. The smallest absolute Gasteiger partial charge is 0.269 e. The molecule has 0 fully saturated rings. The van der Waals surface area contributed by atoms with Crippen molar-refractivity contribution >= 4 is 17.4 Å². The molecule has 2 aromatic carbocycles. The number of aromatic nitrogens is 2. The van der Waals surface area contributed by atoms with E-state index in [0.29, 0.717) is 11.4 Å². The average Bonchev–Trinajstić information content (AvgIpc) is 3.09. The summed E-state index contributed by atoms with van der Waals surface area (Å²) < 4.78 is 10.0. The van der Waals surface area contributed by atoms with E-state index in [4.69, 9.17) is 9.37 Å². The van der Waals surface area contributed by atoms with Gasteiger partial charge in [0.1, 0.15) is 5.75 Å². The zero-order chi connectivity index (χ0) is 18.5. The average molecular weight is 354 g/mol. The molecule has 0 aliphatic rings. The summed E-state index contributed by atoms with van der Waals surface area (Å²) >= 11 is 0. The first kappa shape index (κ1) is 17.1. The number of nitro groups is 1. The summed E-state index contributed by atoms with van der Waals surface area (Å²) in [6.07, 6.45) is 0. The van der Waals surface area contributed by atoms with Gasteiger partial charge in [-0.25, -0.2) is 4.63 Å². The van der Waals surface area contributed by atoms with E-state index in [0.717, 1.165) is 11.1 Å². The number of carbonyl (C=O) groups excluding carboxylic acids is 1. The van der Waals surface area contributed by atoms with Crippen LogP contribution in [0.3, 0.4) is 0 Å². The summed E-state index contributed by atoms with van der Waals surface area (Å²) in [4.78, 5) is 22.1. The number of anilines is 1. The lowest BCUT2D eigenvalue weighted by Crippen LogP contribution is -2.20. The molecule has 3 rings (SSSR count). The summed E-state index contributed by atoms with van der Waals surface area (Å²) in [5.74, 6) is 0.0568. The van der Waals surface area contributed by atoms with E-state index in [-0.39, 0.29) is 18.1 Å². The summed E-state index contributed by atoms with van der Waals surface area (Å²) in [5.41, 5.74) is 2.20. The molecule has 132 valence electrons. The van der Waals surface area contributed by atoms with E-state index in [1.165, 1.54) is 24.3 Å². The minimum atomic E-state index is -0.513. The Labute approximate surface area is 147 Å². The maximum absolute atomic E-state index is 12.0. The molecule has 1 amide bonds. The fourth-order valence-corrected chi connectivity index (χ4v) is 2.15. The summed E-state index contributed by atoms with van der Waals surface area (Å²) in [6.45, 7) is 1.67. The van der Waals surface area contributed by atoms with E-state index in [1.807, 2.05) is 31.2 Å². The van der Waals surface area contributed by atoms with Crippen molar-refractivity contribution in [2.24, 2.45) is 0 Å². The Morgan fingerprint density at radius 3 is 2.50 bits per heavy atom. The highest BCUT2D eigenvalue weighted by Crippen LogP contribution is 2.24. The molecule has 9 heteroatoms. The lowest BCUT2D eigenvalue weighted by atomic mass is 10.1. The van der Waals surface area contributed by atoms with Crippen molar-refractivity contribution in [2.45, 2.75) is 6.92 Å². The lowest BCUT2D eigenvalue weighted by molar-refractivity contribution is -0.384. The predicted molar refractivity (Wildman–Crippen MR) is 91.7 cm³/mol. The van der Waals surface area contributed by atoms with Gasteiger partial charge in [-0.1, -0.05) is 29.8 Å². The fraction of sp³-hybridized carbons (Fsp3) is 0.118. The summed E-state index contributed by atoms with van der Waals surface area (Å²) in [7, 11) is 0. The van der Waals surface area contributed by atoms with Crippen LogP contribution in [0.5, 0.6) is 5.75 Å². The van der Waals surface area contributed by atoms with Gasteiger partial charge in [0, 0.05) is 17.7 Å². The predicted octanol–water partition coefficient (Wildman–Crippen LogP) is 2.97. The van der Waals surface area contributed by atoms with Gasteiger partial charge in [-0.15, -0.1) is 0 Å². The van der Waals surface area contributed by atoms with Crippen molar-refractivity contribution in [3.63, 3.8) is 0 Å². The van der Waals surface area contributed by atoms with E-state index in [9.17, 15) is 14.9 Å². The highest BCUT2D eigenvalue weighted by Gasteiger charge is 2.15. The number of non-ortho nitro benzene ring substituents is 1. The quantitative estimate of drug-likeness (QED) is 0.533. The van der Waals surface area contributed by atoms with Crippen LogP contribution in [0.25, 0.3) is 11.3 Å². The summed E-state index contributed by atoms with van der Waals surface area (Å²) in [5, 5.41) is 20.7. The molecule has 9 nitrogen and oxygen atoms in total. The highest BCUT2D eigenvalue weighted by atomic mass is 16.6. The van der Waals surface area contributed by atoms with Crippen molar-refractivity contribution in [3.05, 3.63) is 64.2 Å². The van der Waals surface area contributed by atoms with E-state index in [1.54, 1.807) is 0 Å². The molecular formula is C17H14N4O5. The number of carbonyl (C=O) groups is 1. The van der Waals surface area contributed by atoms with Gasteiger partial charge < -0.3 is 10.1 Å². The number of nitro benzene ring substituents is 1. The van der Waals surface area contributed by atoms with E-state index >= 15 is 0 Å². The number of hydrogen-bond acceptors (Lipinski definition) is 7. The molecule has 0 radical (unpaired) electrons. The van der Waals surface area contributed by atoms with Gasteiger partial charge in [0.05, 0.1) is 4.92 Å². The molecule has 1 heterocycles. The summed E-state index contributed by atoms with van der Waals surface area (Å²) in [6, 6.07) is 12.9. The topological polar surface area (TPSA) is 120 Å². The minimum Gasteiger partial charge on any atom is -0.484 e. The van der Waals surface area contributed by atoms with Gasteiger partial charge in [-0.2, -0.15) is 0 Å². The number of amides is 1. The standard InChI is InChI=1S/C17H14N4O5/c1-11-2-4-12(5-3-11)16-17(20-26-19-16)18-15(22)10-25-14-8-6-13(7-9-14)21(23)24/h2-9H,10H2,1H3,(H,18,20,22). The van der Waals surface area contributed by atoms with Crippen LogP contribution in [0, 0.1) is 17.0 Å². The molecule has 0 aliphatic heterocycles. The molecule has 0 unspecified atom stereocenters. The Balaban J connectivity index is 1.61. The number of rotatable bonds is 6. The second kappa shape index (κ2) is 7.43. The number of hydrogen-bond donors (Lipinski definition) is 1. The van der Waals surface area contributed by atoms with Gasteiger partial charge in [-0.05, 0) is 29.4 Å². The van der Waals surface area contributed by atoms with Crippen LogP contribution in [0.4, 0.5) is 11.5 Å². The van der Waals surface area contributed by atoms with Crippen molar-refractivity contribution in [1.29, 1.82) is 0 Å². The zero-order valence-corrected chi connectivity index (χ0v) is 13.7. The highest BCUT2D eigenvalue weighted by molar-refractivity contribution is 5.94. The molecule has 0 saturated carbocycles. The van der Waals surface area contributed by atoms with Gasteiger partial charge in [-0.3, -0.25) is 14.9 Å². The monoisotopic (exact) mass is 354 g/mol. The fourth-order valence-electron chi connectivity index (χ4n) is 2.15. The van der Waals surface area contributed by atoms with Crippen LogP contribution in [0.15, 0.2) is 53.2 Å². The Kier molecular flexibility index (Phi) is 4.88. The van der Waals surface area contributed by atoms with Gasteiger partial charge >= 0.3 is 0 Å². The van der Waals surface area contributed by atoms with Crippen LogP contribution in [-0.2, 0) is 4.79 Å². The van der Waals surface area contributed by atoms with Crippen molar-refractivity contribution in [1.82, 2.24) is 10.3 Å². The van der Waals surface area contributed by atoms with Gasteiger partial charge in [0.15, 0.2) is 12.3 Å². The largest absolute Gasteiger partial charge is 0.484 e. The number of aryl methyl sites for hydroxylation is 1. The Bertz CT molecular complexity index is 919. The minimum absolute atomic E-state index is 0.0572. The normalized spacial score (nSPS) is 10.3. The third kappa shape index (κ3) is 4.01. The first-order chi connectivity index (χ1) is 12.5. The first-order valence-electron chi connectivity index (χ1n) is 7.59. The van der Waals surface area contributed by atoms with Crippen LogP contribution in [0.2, 0.25) is 0 Å². The lowest BCUT2D eigenvalue weighted by Gasteiger charge is -2.06. The first-order valence-corrected chi connectivity index (χ1v) is 7.59. The van der Waals surface area contributed by atoms with E-state index < -0.39 is 10.8 Å². The van der Waals surface area contributed by atoms with Crippen LogP contribution in [-0.4, -0.2) is 27.8 Å². The van der Waals surface area contributed by atoms with Gasteiger partial charge in [0.25, 0.3) is 11.6 Å². The molecule has 0 saturated heterocycles. The van der Waals surface area contributed by atoms with Crippen molar-refractivity contribution in [2.75, 3.05) is 11.9 Å². The molecule has 0 bridgehead atoms. The SMILES string of the molecule is Cc1ccc(-c2nonc2NC(=O)COc2ccc([N+](=O)[O-])cc2)cc1. The van der Waals surface area contributed by atoms with Crippen LogP contribution < -0.4 is 10.1 Å². The number of nitrogens with zero attached hydrogens (tertiary/aromatic N) is 3. The molecule has 1 N–H and O–H groups in total. The Morgan fingerprint density at radius 1 is 1.15 bits per heavy atom. The number of nitrogens with one attached hydrogen (secondary N) is 1. The Hall–Kier alpha value is -3.75. The molecular weight excluding hydrogens is 340 g/mol. The second-order valence-electron chi connectivity index (χ2n) is 5.42. The number of benzene rings is 2. The molecule has 0 spiro atoms. The molecule has 0 aliphatic carbocycles. The third-order valence-electron chi connectivity index (χ3n) is 3.49. The molecule has 3 aromatic rings. The van der Waals surface area contributed by atoms with Crippen molar-refractivity contribution < 1.29 is 19.1 Å². The maximum Gasteiger partial charge on any atom is 0.269 e. The van der Waals surface area contributed by atoms with Crippen molar-refractivity contribution in [3.8, 4) is 17.0 Å². The third-order valence-corrected chi connectivity index (χ3v) is 3.49. The molecule has 1 aromatic heterocycles. The Morgan fingerprint density at radius 2 is 1.85 bits per heavy atom. The molecule has 26 heavy (non-hydrogen) atoms. The zero-order valence-electron chi connectivity index (χ0n) is 13.7.